The van der Waals surface area contributed by atoms with Crippen LogP contribution < -0.4 is 5.32 Å². The number of nitrogens with zero attached hydrogens (tertiary/aromatic N) is 2. The van der Waals surface area contributed by atoms with E-state index < -0.39 is 0 Å². The van der Waals surface area contributed by atoms with Crippen molar-refractivity contribution in [3.8, 4) is 11.6 Å². The maximum absolute atomic E-state index is 11.5. The molecule has 6 nitrogen and oxygen atoms in total. The van der Waals surface area contributed by atoms with Gasteiger partial charge in [-0.25, -0.2) is 0 Å². The molecule has 2 N–H and O–H groups in total. The van der Waals surface area contributed by atoms with Crippen LogP contribution in [0.5, 0.6) is 0 Å². The number of nitrogens with one attached hydrogen (secondary N) is 2. The predicted molar refractivity (Wildman–Crippen MR) is 66.0 cm³/mol. The predicted octanol–water partition coefficient (Wildman–Crippen LogP) is 1.44. The maximum Gasteiger partial charge on any atom is 0.230 e. The fraction of sp³-hybridized carbons (Fsp3) is 0.364. The number of carbonyl (C=O) groups is 1. The van der Waals surface area contributed by atoms with Crippen molar-refractivity contribution in [3.63, 3.8) is 0 Å². The van der Waals surface area contributed by atoms with E-state index in [0.29, 0.717) is 28.5 Å². The topological polar surface area (TPSA) is 83.8 Å². The number of carbonyl (C=O) groups excluding carboxylic acids is 1. The van der Waals surface area contributed by atoms with Crippen LogP contribution in [0.1, 0.15) is 12.8 Å². The van der Waals surface area contributed by atoms with Gasteiger partial charge in [-0.15, -0.1) is 5.10 Å². The molecule has 2 aromatic heterocycles. The lowest BCUT2D eigenvalue weighted by molar-refractivity contribution is -0.118. The summed E-state index contributed by atoms with van der Waals surface area (Å²) in [7, 11) is 0. The summed E-state index contributed by atoms with van der Waals surface area (Å²) in [6.45, 7) is 0. The Morgan fingerprint density at radius 3 is 3.22 bits per heavy atom. The molecule has 0 unspecified atom stereocenters. The van der Waals surface area contributed by atoms with Gasteiger partial charge < -0.3 is 9.73 Å². The maximum atomic E-state index is 11.5. The largest absolute Gasteiger partial charge is 0.461 e. The summed E-state index contributed by atoms with van der Waals surface area (Å²) in [5, 5.41) is 10.3. The minimum Gasteiger partial charge on any atom is -0.461 e. The fourth-order valence-electron chi connectivity index (χ4n) is 1.46. The highest BCUT2D eigenvalue weighted by Gasteiger charge is 2.23. The smallest absolute Gasteiger partial charge is 0.230 e. The number of amides is 1. The van der Waals surface area contributed by atoms with Gasteiger partial charge in [-0.2, -0.15) is 4.98 Å². The molecule has 2 aromatic rings. The Bertz CT molecular complexity index is 533. The second-order valence-electron chi connectivity index (χ2n) is 4.07. The molecule has 0 spiro atoms. The molecular formula is C11H12N4O2S. The van der Waals surface area contributed by atoms with E-state index in [1.165, 1.54) is 11.8 Å². The van der Waals surface area contributed by atoms with Crippen LogP contribution in [0.3, 0.4) is 0 Å². The molecular weight excluding hydrogens is 252 g/mol. The Labute approximate surface area is 108 Å². The van der Waals surface area contributed by atoms with Gasteiger partial charge in [-0.3, -0.25) is 9.89 Å². The van der Waals surface area contributed by atoms with E-state index in [2.05, 4.69) is 20.5 Å². The first-order valence-electron chi connectivity index (χ1n) is 5.70. The van der Waals surface area contributed by atoms with Crippen molar-refractivity contribution in [3.05, 3.63) is 18.4 Å². The van der Waals surface area contributed by atoms with Crippen LogP contribution in [0.2, 0.25) is 0 Å². The van der Waals surface area contributed by atoms with Crippen LogP contribution in [-0.2, 0) is 4.79 Å². The average Bonchev–Trinajstić information content (AvgIpc) is 2.87. The molecule has 0 bridgehead atoms. The van der Waals surface area contributed by atoms with Crippen molar-refractivity contribution in [1.82, 2.24) is 20.5 Å². The van der Waals surface area contributed by atoms with Crippen molar-refractivity contribution in [2.45, 2.75) is 24.0 Å². The molecule has 2 heterocycles. The van der Waals surface area contributed by atoms with E-state index in [1.54, 1.807) is 18.4 Å². The van der Waals surface area contributed by atoms with Crippen LogP contribution >= 0.6 is 11.8 Å². The Morgan fingerprint density at radius 1 is 1.61 bits per heavy atom. The van der Waals surface area contributed by atoms with E-state index in [9.17, 15) is 4.79 Å². The zero-order valence-electron chi connectivity index (χ0n) is 9.55. The average molecular weight is 264 g/mol. The Hall–Kier alpha value is -1.76. The second-order valence-corrected chi connectivity index (χ2v) is 5.02. The summed E-state index contributed by atoms with van der Waals surface area (Å²) in [6, 6.07) is 3.98. The Kier molecular flexibility index (Phi) is 3.06. The monoisotopic (exact) mass is 264 g/mol. The molecule has 0 aliphatic heterocycles. The molecule has 94 valence electrons. The quantitative estimate of drug-likeness (QED) is 0.798. The molecule has 0 saturated heterocycles. The number of furan rings is 1. The van der Waals surface area contributed by atoms with E-state index in [1.807, 2.05) is 0 Å². The van der Waals surface area contributed by atoms with Crippen molar-refractivity contribution in [2.75, 3.05) is 5.75 Å². The van der Waals surface area contributed by atoms with E-state index >= 15 is 0 Å². The zero-order valence-corrected chi connectivity index (χ0v) is 10.4. The van der Waals surface area contributed by atoms with Crippen LogP contribution in [0.4, 0.5) is 0 Å². The summed E-state index contributed by atoms with van der Waals surface area (Å²) < 4.78 is 5.20. The minimum absolute atomic E-state index is 0.0341. The lowest BCUT2D eigenvalue weighted by Gasteiger charge is -1.99. The highest BCUT2D eigenvalue weighted by molar-refractivity contribution is 7.99. The van der Waals surface area contributed by atoms with Crippen molar-refractivity contribution in [2.24, 2.45) is 0 Å². The lowest BCUT2D eigenvalue weighted by Crippen LogP contribution is -2.27. The van der Waals surface area contributed by atoms with Gasteiger partial charge in [0.15, 0.2) is 11.6 Å². The van der Waals surface area contributed by atoms with E-state index in [-0.39, 0.29) is 5.91 Å². The third-order valence-corrected chi connectivity index (χ3v) is 3.34. The summed E-state index contributed by atoms with van der Waals surface area (Å²) in [5.74, 6) is 1.58. The normalized spacial score (nSPS) is 14.7. The van der Waals surface area contributed by atoms with Gasteiger partial charge in [0.25, 0.3) is 0 Å². The number of hydrogen-bond donors (Lipinski definition) is 2. The van der Waals surface area contributed by atoms with Crippen LogP contribution in [0, 0.1) is 0 Å². The zero-order chi connectivity index (χ0) is 12.4. The molecule has 1 aliphatic rings. The molecule has 0 radical (unpaired) electrons. The van der Waals surface area contributed by atoms with Crippen molar-refractivity contribution < 1.29 is 9.21 Å². The van der Waals surface area contributed by atoms with Crippen LogP contribution in [0.15, 0.2) is 28.0 Å². The fourth-order valence-corrected chi connectivity index (χ4v) is 2.07. The molecule has 1 saturated carbocycles. The first-order valence-corrected chi connectivity index (χ1v) is 6.68. The molecule has 1 fully saturated rings. The molecule has 18 heavy (non-hydrogen) atoms. The van der Waals surface area contributed by atoms with Crippen molar-refractivity contribution >= 4 is 17.7 Å². The van der Waals surface area contributed by atoms with E-state index in [0.717, 1.165) is 12.8 Å². The van der Waals surface area contributed by atoms with Crippen molar-refractivity contribution in [1.29, 1.82) is 0 Å². The minimum atomic E-state index is 0.0341. The number of aromatic nitrogens is 3. The molecule has 7 heteroatoms. The standard InChI is InChI=1S/C11H12N4O2S/c16-9(12-7-3-4-7)6-18-11-13-10(14-15-11)8-2-1-5-17-8/h1-2,5,7H,3-4,6H2,(H,12,16)(H,13,14,15). The molecule has 0 aromatic carbocycles. The number of aromatic amines is 1. The summed E-state index contributed by atoms with van der Waals surface area (Å²) in [5.41, 5.74) is 0. The van der Waals surface area contributed by atoms with Gasteiger partial charge in [-0.05, 0) is 25.0 Å². The number of H-pyrrole nitrogens is 1. The Morgan fingerprint density at radius 2 is 2.50 bits per heavy atom. The molecule has 3 rings (SSSR count). The third-order valence-electron chi connectivity index (χ3n) is 2.49. The highest BCUT2D eigenvalue weighted by Crippen LogP contribution is 2.21. The first kappa shape index (κ1) is 11.3. The first-order chi connectivity index (χ1) is 8.81. The van der Waals surface area contributed by atoms with Gasteiger partial charge in [-0.1, -0.05) is 11.8 Å². The van der Waals surface area contributed by atoms with Crippen LogP contribution in [0.25, 0.3) is 11.6 Å². The molecule has 1 amide bonds. The number of rotatable bonds is 5. The van der Waals surface area contributed by atoms with Gasteiger partial charge in [0.2, 0.25) is 11.1 Å². The number of thioether (sulfide) groups is 1. The molecule has 0 atom stereocenters. The van der Waals surface area contributed by atoms with Crippen LogP contribution in [-0.4, -0.2) is 32.9 Å². The summed E-state index contributed by atoms with van der Waals surface area (Å²) in [4.78, 5) is 15.7. The second kappa shape index (κ2) is 4.85. The number of hydrogen-bond acceptors (Lipinski definition) is 5. The SMILES string of the molecule is O=C(CSc1n[nH]c(-c2ccco2)n1)NC1CC1. The highest BCUT2D eigenvalue weighted by atomic mass is 32.2. The Balaban J connectivity index is 1.55. The molecule has 1 aliphatic carbocycles. The summed E-state index contributed by atoms with van der Waals surface area (Å²) in [6.07, 6.45) is 3.77. The van der Waals surface area contributed by atoms with Gasteiger partial charge in [0.1, 0.15) is 0 Å². The van der Waals surface area contributed by atoms with E-state index in [4.69, 9.17) is 4.42 Å². The third kappa shape index (κ3) is 2.73. The summed E-state index contributed by atoms with van der Waals surface area (Å²) >= 11 is 1.31. The lowest BCUT2D eigenvalue weighted by atomic mass is 10.4. The van der Waals surface area contributed by atoms with Gasteiger partial charge >= 0.3 is 0 Å². The van der Waals surface area contributed by atoms with Gasteiger partial charge in [0, 0.05) is 6.04 Å². The van der Waals surface area contributed by atoms with Gasteiger partial charge in [0.05, 0.1) is 12.0 Å².